The molecule has 2 N–H and O–H groups in total. The summed E-state index contributed by atoms with van der Waals surface area (Å²) < 4.78 is 39.5. The zero-order valence-electron chi connectivity index (χ0n) is 26.7. The van der Waals surface area contributed by atoms with Crippen molar-refractivity contribution < 1.29 is 52.3 Å². The predicted octanol–water partition coefficient (Wildman–Crippen LogP) is 2.59. The van der Waals surface area contributed by atoms with Crippen molar-refractivity contribution in [3.63, 3.8) is 0 Å². The molecule has 0 aromatic heterocycles. The number of Topliss-reactive ketones (excluding diaryl/α,β-unsaturated/α-hetero) is 1. The molecule has 3 aliphatic heterocycles. The number of ether oxygens (including phenoxy) is 7. The van der Waals surface area contributed by atoms with Crippen molar-refractivity contribution in [1.82, 2.24) is 10.6 Å². The van der Waals surface area contributed by atoms with E-state index in [1.54, 1.807) is 20.8 Å². The summed E-state index contributed by atoms with van der Waals surface area (Å²) in [4.78, 5) is 49.8. The molecule has 0 bridgehead atoms. The molecule has 2 spiro atoms. The average Bonchev–Trinajstić information content (AvgIpc) is 3.86. The van der Waals surface area contributed by atoms with E-state index in [2.05, 4.69) is 17.6 Å². The molecule has 2 saturated heterocycles. The van der Waals surface area contributed by atoms with Crippen LogP contribution in [0.1, 0.15) is 66.2 Å². The molecule has 13 heteroatoms. The first kappa shape index (κ1) is 32.2. The summed E-state index contributed by atoms with van der Waals surface area (Å²) in [6.07, 6.45) is 2.74. The summed E-state index contributed by atoms with van der Waals surface area (Å²) in [5, 5.41) is 5.27. The van der Waals surface area contributed by atoms with Crippen molar-refractivity contribution in [3.8, 4) is 0 Å². The fourth-order valence-electron chi connectivity index (χ4n) is 8.37. The van der Waals surface area contributed by atoms with Crippen LogP contribution in [0, 0.1) is 17.3 Å². The summed E-state index contributed by atoms with van der Waals surface area (Å²) in [5.74, 6) is -0.126. The van der Waals surface area contributed by atoms with Crippen molar-refractivity contribution in [1.29, 1.82) is 0 Å². The number of esters is 1. The van der Waals surface area contributed by atoms with Crippen LogP contribution < -0.4 is 10.6 Å². The normalized spacial score (nSPS) is 35.6. The van der Waals surface area contributed by atoms with Crippen LogP contribution in [0.4, 0.5) is 9.59 Å². The third-order valence-corrected chi connectivity index (χ3v) is 10.3. The number of epoxide rings is 2. The minimum atomic E-state index is -0.881. The Kier molecular flexibility index (Phi) is 8.68. The number of nitrogens with one attached hydrogen (secondary N) is 2. The maximum Gasteiger partial charge on any atom is 0.407 e. The quantitative estimate of drug-likeness (QED) is 0.132. The Bertz CT molecular complexity index is 1250. The second kappa shape index (κ2) is 12.1. The minimum absolute atomic E-state index is 0.0401. The highest BCUT2D eigenvalue weighted by Crippen LogP contribution is 2.78. The first-order valence-electron chi connectivity index (χ1n) is 16.2. The van der Waals surface area contributed by atoms with E-state index in [0.717, 1.165) is 24.0 Å². The van der Waals surface area contributed by atoms with Crippen LogP contribution >= 0.6 is 0 Å². The molecule has 2 unspecified atom stereocenters. The molecular weight excluding hydrogens is 588 g/mol. The molecule has 250 valence electrons. The summed E-state index contributed by atoms with van der Waals surface area (Å²) >= 11 is 0. The molecule has 13 nitrogen and oxygen atoms in total. The minimum Gasteiger partial charge on any atom is -0.458 e. The van der Waals surface area contributed by atoms with Gasteiger partial charge in [-0.2, -0.15) is 0 Å². The van der Waals surface area contributed by atoms with E-state index >= 15 is 0 Å². The Hall–Kier alpha value is -2.74. The van der Waals surface area contributed by atoms with E-state index < -0.39 is 29.0 Å². The van der Waals surface area contributed by atoms with Gasteiger partial charge in [-0.25, -0.2) is 14.4 Å². The van der Waals surface area contributed by atoms with Gasteiger partial charge in [0, 0.05) is 30.0 Å². The summed E-state index contributed by atoms with van der Waals surface area (Å²) in [6.45, 7) is 10.1. The third-order valence-electron chi connectivity index (χ3n) is 10.3. The van der Waals surface area contributed by atoms with Crippen LogP contribution in [0.2, 0.25) is 0 Å². The van der Waals surface area contributed by atoms with Gasteiger partial charge in [-0.3, -0.25) is 4.79 Å². The Balaban J connectivity index is 0.842. The second-order valence-electron chi connectivity index (χ2n) is 14.1. The molecule has 7 atom stereocenters. The average molecular weight is 635 g/mol. The van der Waals surface area contributed by atoms with Crippen molar-refractivity contribution in [2.24, 2.45) is 17.3 Å². The zero-order valence-corrected chi connectivity index (χ0v) is 26.7. The van der Waals surface area contributed by atoms with Crippen LogP contribution in [0.3, 0.4) is 0 Å². The first-order chi connectivity index (χ1) is 21.4. The molecule has 0 aromatic rings. The Labute approximate surface area is 263 Å². The van der Waals surface area contributed by atoms with Crippen molar-refractivity contribution >= 4 is 23.9 Å². The van der Waals surface area contributed by atoms with Gasteiger partial charge in [-0.05, 0) is 70.8 Å². The number of ketones is 1. The summed E-state index contributed by atoms with van der Waals surface area (Å²) in [7, 11) is 0. The van der Waals surface area contributed by atoms with Crippen LogP contribution in [0.25, 0.3) is 0 Å². The first-order valence-corrected chi connectivity index (χ1v) is 16.2. The van der Waals surface area contributed by atoms with E-state index in [9.17, 15) is 19.2 Å². The van der Waals surface area contributed by atoms with E-state index in [1.165, 1.54) is 0 Å². The lowest BCUT2D eigenvalue weighted by Gasteiger charge is -2.52. The lowest BCUT2D eigenvalue weighted by Crippen LogP contribution is -2.64. The zero-order chi connectivity index (χ0) is 32.0. The lowest BCUT2D eigenvalue weighted by molar-refractivity contribution is -0.138. The Morgan fingerprint density at radius 2 is 1.64 bits per heavy atom. The maximum atomic E-state index is 13.9. The van der Waals surface area contributed by atoms with Crippen LogP contribution in [0.15, 0.2) is 11.1 Å². The van der Waals surface area contributed by atoms with Gasteiger partial charge >= 0.3 is 18.2 Å². The molecule has 3 aliphatic carbocycles. The molecule has 2 saturated carbocycles. The number of hydrogen-bond donors (Lipinski definition) is 2. The SMILES string of the molecule is CC(C)(C)OC(=O)NCCOCCOCCNC(=O)OCCCC1C[C@@H]2O[C@@]23[C@@]2(C)CCC4=C(COC4=O)C2C[C@@H]2O[C@@]23C1=O. The van der Waals surface area contributed by atoms with Gasteiger partial charge in [0.1, 0.15) is 17.8 Å². The van der Waals surface area contributed by atoms with Gasteiger partial charge in [0.25, 0.3) is 0 Å². The number of fused-ring (bicyclic) bond motifs is 2. The molecule has 2 amide bonds. The Morgan fingerprint density at radius 1 is 0.933 bits per heavy atom. The fourth-order valence-corrected chi connectivity index (χ4v) is 8.37. The van der Waals surface area contributed by atoms with E-state index in [1.807, 2.05) is 0 Å². The number of amides is 2. The molecule has 0 aromatic carbocycles. The van der Waals surface area contributed by atoms with E-state index in [-0.39, 0.29) is 47.8 Å². The fraction of sp³-hybridized carbons (Fsp3) is 0.812. The summed E-state index contributed by atoms with van der Waals surface area (Å²) in [6, 6.07) is 0. The second-order valence-corrected chi connectivity index (χ2v) is 14.1. The van der Waals surface area contributed by atoms with Crippen molar-refractivity contribution in [2.75, 3.05) is 52.7 Å². The number of alkyl carbamates (subject to hydrolysis) is 2. The molecule has 0 radical (unpaired) electrons. The highest BCUT2D eigenvalue weighted by atomic mass is 16.7. The summed E-state index contributed by atoms with van der Waals surface area (Å²) in [5.41, 5.74) is -0.393. The van der Waals surface area contributed by atoms with Gasteiger partial charge in [-0.1, -0.05) is 6.92 Å². The van der Waals surface area contributed by atoms with E-state index in [0.29, 0.717) is 71.8 Å². The molecule has 4 fully saturated rings. The largest absolute Gasteiger partial charge is 0.458 e. The van der Waals surface area contributed by atoms with Gasteiger partial charge in [0.2, 0.25) is 0 Å². The molecule has 6 rings (SSSR count). The third kappa shape index (κ3) is 5.74. The smallest absolute Gasteiger partial charge is 0.407 e. The highest BCUT2D eigenvalue weighted by Gasteiger charge is 2.93. The van der Waals surface area contributed by atoms with Gasteiger partial charge < -0.3 is 43.8 Å². The highest BCUT2D eigenvalue weighted by molar-refractivity contribution is 5.97. The van der Waals surface area contributed by atoms with Crippen LogP contribution in [-0.4, -0.2) is 106 Å². The van der Waals surface area contributed by atoms with Crippen molar-refractivity contribution in [2.45, 2.75) is 95.2 Å². The number of carbonyl (C=O) groups excluding carboxylic acids is 4. The maximum absolute atomic E-state index is 13.9. The van der Waals surface area contributed by atoms with Crippen LogP contribution in [0.5, 0.6) is 0 Å². The van der Waals surface area contributed by atoms with Gasteiger partial charge in [-0.15, -0.1) is 0 Å². The monoisotopic (exact) mass is 634 g/mol. The predicted molar refractivity (Wildman–Crippen MR) is 156 cm³/mol. The molecular formula is C32H46N2O11. The molecule has 45 heavy (non-hydrogen) atoms. The number of hydrogen-bond acceptors (Lipinski definition) is 11. The number of carbonyl (C=O) groups is 4. The Morgan fingerprint density at radius 3 is 2.36 bits per heavy atom. The van der Waals surface area contributed by atoms with Gasteiger partial charge in [0.15, 0.2) is 11.4 Å². The molecule has 6 aliphatic rings. The standard InChI is InChI=1S/C32H46N2O11/c1-29(2,3)45-28(38)34-10-13-40-15-14-39-12-9-33-27(37)41-11-5-6-19-16-24-32(44-24)30(4)8-7-20-21(18-42-26(20)36)22(30)17-23-31(32,43-23)25(19)35/h19,22-24H,5-18H2,1-4H3,(H,33,37)(H,34,38)/t19?,22?,23-,24-,30-,31+,32+/m0/s1. The number of cyclic esters (lactones) is 1. The lowest BCUT2D eigenvalue weighted by atomic mass is 9.47. The van der Waals surface area contributed by atoms with Gasteiger partial charge in [0.05, 0.1) is 45.2 Å². The number of rotatable bonds is 13. The topological polar surface area (TPSA) is 164 Å². The van der Waals surface area contributed by atoms with Crippen molar-refractivity contribution in [3.05, 3.63) is 11.1 Å². The van der Waals surface area contributed by atoms with Crippen LogP contribution in [-0.2, 0) is 42.7 Å². The van der Waals surface area contributed by atoms with E-state index in [4.69, 9.17) is 33.2 Å². The molecule has 3 heterocycles.